The molecule has 2 aromatic heterocycles. The third kappa shape index (κ3) is 4.74. The number of allylic oxidation sites excluding steroid dienone is 1. The van der Waals surface area contributed by atoms with Crippen LogP contribution < -0.4 is 11.2 Å². The fourth-order valence-electron chi connectivity index (χ4n) is 3.09. The molecule has 2 N–H and O–H groups in total. The smallest absolute Gasteiger partial charge is 0.333 e. The number of nitrogens with zero attached hydrogens (tertiary/aromatic N) is 5. The first kappa shape index (κ1) is 21.8. The first-order chi connectivity index (χ1) is 16.0. The molecule has 0 bridgehead atoms. The highest BCUT2D eigenvalue weighted by molar-refractivity contribution is 6.08. The number of nitrogens with two attached hydrogens (primary N) is 1. The molecule has 4 rings (SSSR count). The molecular formula is C23H17F3N6O. The van der Waals surface area contributed by atoms with E-state index in [1.807, 2.05) is 6.07 Å². The van der Waals surface area contributed by atoms with Crippen LogP contribution in [0.5, 0.6) is 0 Å². The van der Waals surface area contributed by atoms with E-state index in [1.165, 1.54) is 47.6 Å². The lowest BCUT2D eigenvalue weighted by atomic mass is 10.1. The molecule has 0 atom stereocenters. The van der Waals surface area contributed by atoms with Gasteiger partial charge >= 0.3 is 6.55 Å². The van der Waals surface area contributed by atoms with Gasteiger partial charge in [-0.2, -0.15) is 19.0 Å². The maximum atomic E-state index is 14.9. The van der Waals surface area contributed by atoms with E-state index in [2.05, 4.69) is 15.2 Å². The summed E-state index contributed by atoms with van der Waals surface area (Å²) in [4.78, 5) is 16.9. The highest BCUT2D eigenvalue weighted by Gasteiger charge is 2.14. The zero-order chi connectivity index (χ0) is 23.4. The van der Waals surface area contributed by atoms with Crippen LogP contribution in [0.1, 0.15) is 12.2 Å². The van der Waals surface area contributed by atoms with Crippen LogP contribution in [0.15, 0.2) is 95.3 Å². The predicted molar refractivity (Wildman–Crippen MR) is 118 cm³/mol. The van der Waals surface area contributed by atoms with Gasteiger partial charge in [0.05, 0.1) is 17.6 Å². The Morgan fingerprint density at radius 1 is 1.09 bits per heavy atom. The van der Waals surface area contributed by atoms with Gasteiger partial charge in [-0.25, -0.2) is 18.7 Å². The van der Waals surface area contributed by atoms with E-state index in [-0.39, 0.29) is 17.1 Å². The van der Waals surface area contributed by atoms with Gasteiger partial charge in [0.25, 0.3) is 0 Å². The molecule has 0 spiro atoms. The van der Waals surface area contributed by atoms with Crippen LogP contribution >= 0.6 is 0 Å². The maximum Gasteiger partial charge on any atom is 0.333 e. The number of aliphatic imine (C=N–C) groups is 1. The second-order valence-corrected chi connectivity index (χ2v) is 6.82. The predicted octanol–water partition coefficient (Wildman–Crippen LogP) is 4.22. The van der Waals surface area contributed by atoms with Gasteiger partial charge in [-0.1, -0.05) is 24.3 Å². The molecule has 33 heavy (non-hydrogen) atoms. The Balaban J connectivity index is 1.74. The molecule has 2 heterocycles. The summed E-state index contributed by atoms with van der Waals surface area (Å²) in [6, 6.07) is 14.3. The second kappa shape index (κ2) is 9.35. The number of halogens is 3. The molecule has 0 unspecified atom stereocenters. The average molecular weight is 450 g/mol. The van der Waals surface area contributed by atoms with Crippen molar-refractivity contribution in [1.82, 2.24) is 19.6 Å². The van der Waals surface area contributed by atoms with Gasteiger partial charge in [-0.15, -0.1) is 0 Å². The minimum atomic E-state index is -2.79. The van der Waals surface area contributed by atoms with Gasteiger partial charge in [-0.3, -0.25) is 4.79 Å². The molecule has 2 aromatic carbocycles. The molecule has 0 fully saturated rings. The number of aromatic nitrogens is 4. The zero-order valence-electron chi connectivity index (χ0n) is 17.0. The van der Waals surface area contributed by atoms with Gasteiger partial charge in [0.15, 0.2) is 5.69 Å². The molecule has 0 aliphatic rings. The van der Waals surface area contributed by atoms with Gasteiger partial charge in [-0.05, 0) is 42.1 Å². The quantitative estimate of drug-likeness (QED) is 0.445. The Kier molecular flexibility index (Phi) is 6.16. The second-order valence-electron chi connectivity index (χ2n) is 6.82. The van der Waals surface area contributed by atoms with Gasteiger partial charge in [0.1, 0.15) is 11.5 Å². The molecule has 0 amide bonds. The summed E-state index contributed by atoms with van der Waals surface area (Å²) in [5, 5.41) is 7.82. The molecule has 0 radical (unpaired) electrons. The van der Waals surface area contributed by atoms with Crippen molar-refractivity contribution in [3.8, 4) is 16.8 Å². The van der Waals surface area contributed by atoms with Crippen LogP contribution in [0.2, 0.25) is 0 Å². The number of benzene rings is 2. The van der Waals surface area contributed by atoms with E-state index in [1.54, 1.807) is 30.3 Å². The van der Waals surface area contributed by atoms with Crippen molar-refractivity contribution >= 4 is 11.4 Å². The Labute approximate surface area is 185 Å². The van der Waals surface area contributed by atoms with Gasteiger partial charge in [0.2, 0.25) is 5.43 Å². The number of rotatable bonds is 6. The summed E-state index contributed by atoms with van der Waals surface area (Å²) in [5.41, 5.74) is 6.62. The summed E-state index contributed by atoms with van der Waals surface area (Å²) in [6.07, 6.45) is 6.34. The monoisotopic (exact) mass is 450 g/mol. The number of hydrogen-bond acceptors (Lipinski definition) is 5. The molecule has 0 saturated carbocycles. The lowest BCUT2D eigenvalue weighted by Crippen LogP contribution is -2.20. The third-order valence-electron chi connectivity index (χ3n) is 4.64. The fourth-order valence-corrected chi connectivity index (χ4v) is 3.09. The van der Waals surface area contributed by atoms with E-state index in [0.29, 0.717) is 21.5 Å². The van der Waals surface area contributed by atoms with Crippen LogP contribution in [0.25, 0.3) is 16.8 Å². The highest BCUT2D eigenvalue weighted by atomic mass is 19.3. The summed E-state index contributed by atoms with van der Waals surface area (Å²) < 4.78 is 42.1. The van der Waals surface area contributed by atoms with E-state index < -0.39 is 17.8 Å². The lowest BCUT2D eigenvalue weighted by Gasteiger charge is -2.10. The highest BCUT2D eigenvalue weighted by Crippen LogP contribution is 2.24. The molecule has 0 aliphatic heterocycles. The van der Waals surface area contributed by atoms with Crippen molar-refractivity contribution < 1.29 is 13.2 Å². The summed E-state index contributed by atoms with van der Waals surface area (Å²) >= 11 is 0. The molecule has 166 valence electrons. The molecule has 0 aliphatic carbocycles. The topological polar surface area (TPSA) is 91.1 Å². The Bertz CT molecular complexity index is 1390. The standard InChI is InChI=1S/C23H17F3N6O/c24-18-12-15(16-13-28-32(14-16)23(25)26)6-7-20(18)31-11-9-21(33)22(30-31)19(8-10-27)29-17-4-2-1-3-5-17/h1-14,23H,27H2. The van der Waals surface area contributed by atoms with E-state index in [4.69, 9.17) is 5.73 Å². The molecule has 10 heteroatoms. The lowest BCUT2D eigenvalue weighted by molar-refractivity contribution is 0.0566. The summed E-state index contributed by atoms with van der Waals surface area (Å²) in [7, 11) is 0. The minimum absolute atomic E-state index is 0.0234. The summed E-state index contributed by atoms with van der Waals surface area (Å²) in [6.45, 7) is -2.79. The fraction of sp³-hybridized carbons (Fsp3) is 0.0435. The maximum absolute atomic E-state index is 14.9. The first-order valence-electron chi connectivity index (χ1n) is 9.71. The average Bonchev–Trinajstić information content (AvgIpc) is 3.31. The van der Waals surface area contributed by atoms with Crippen LogP contribution in [-0.4, -0.2) is 25.3 Å². The minimum Gasteiger partial charge on any atom is -0.405 e. The van der Waals surface area contributed by atoms with Crippen LogP contribution in [-0.2, 0) is 0 Å². The van der Waals surface area contributed by atoms with Gasteiger partial charge < -0.3 is 5.73 Å². The third-order valence-corrected chi connectivity index (χ3v) is 4.64. The first-order valence-corrected chi connectivity index (χ1v) is 9.71. The molecule has 7 nitrogen and oxygen atoms in total. The van der Waals surface area contributed by atoms with Crippen molar-refractivity contribution in [1.29, 1.82) is 0 Å². The SMILES string of the molecule is NC=CC(=Nc1ccccc1)c1nn(-c2ccc(-c3cnn(C(F)F)c3)cc2F)ccc1=O. The van der Waals surface area contributed by atoms with Crippen molar-refractivity contribution in [2.24, 2.45) is 10.7 Å². The van der Waals surface area contributed by atoms with Crippen molar-refractivity contribution in [3.63, 3.8) is 0 Å². The van der Waals surface area contributed by atoms with Crippen LogP contribution in [0.4, 0.5) is 18.9 Å². The largest absolute Gasteiger partial charge is 0.405 e. The van der Waals surface area contributed by atoms with Crippen molar-refractivity contribution in [3.05, 3.63) is 107 Å². The zero-order valence-corrected chi connectivity index (χ0v) is 17.0. The van der Waals surface area contributed by atoms with Crippen LogP contribution in [0, 0.1) is 5.82 Å². The summed E-state index contributed by atoms with van der Waals surface area (Å²) in [5.74, 6) is -0.671. The Morgan fingerprint density at radius 3 is 2.55 bits per heavy atom. The molecule has 4 aromatic rings. The number of para-hydroxylation sites is 1. The normalized spacial score (nSPS) is 12.1. The van der Waals surface area contributed by atoms with Crippen molar-refractivity contribution in [2.45, 2.75) is 6.55 Å². The van der Waals surface area contributed by atoms with E-state index >= 15 is 0 Å². The molecule has 0 saturated heterocycles. The van der Waals surface area contributed by atoms with Crippen molar-refractivity contribution in [2.75, 3.05) is 0 Å². The number of hydrogen-bond donors (Lipinski definition) is 1. The Hall–Kier alpha value is -4.47. The van der Waals surface area contributed by atoms with E-state index in [9.17, 15) is 18.0 Å². The van der Waals surface area contributed by atoms with E-state index in [0.717, 1.165) is 6.20 Å². The Morgan fingerprint density at radius 2 is 1.88 bits per heavy atom. The van der Waals surface area contributed by atoms with Crippen LogP contribution in [0.3, 0.4) is 0 Å². The van der Waals surface area contributed by atoms with Gasteiger partial charge in [0, 0.05) is 24.0 Å². The molecular weight excluding hydrogens is 433 g/mol. The number of alkyl halides is 2.